The summed E-state index contributed by atoms with van der Waals surface area (Å²) < 4.78 is 5.39. The number of aromatic nitrogens is 1. The van der Waals surface area contributed by atoms with Crippen molar-refractivity contribution in [3.8, 4) is 5.75 Å². The maximum atomic E-state index is 11.4. The number of phenols is 1. The van der Waals surface area contributed by atoms with Crippen LogP contribution in [0.25, 0.3) is 0 Å². The predicted octanol–water partition coefficient (Wildman–Crippen LogP) is 3.02. The lowest BCUT2D eigenvalue weighted by Gasteiger charge is -2.57. The van der Waals surface area contributed by atoms with Gasteiger partial charge in [-0.2, -0.15) is 0 Å². The molecule has 5 heteroatoms. The monoisotopic (exact) mass is 343 g/mol. The van der Waals surface area contributed by atoms with Crippen LogP contribution >= 0.6 is 0 Å². The highest BCUT2D eigenvalue weighted by Crippen LogP contribution is 2.59. The molecule has 25 heavy (non-hydrogen) atoms. The summed E-state index contributed by atoms with van der Waals surface area (Å²) in [4.78, 5) is 4.14. The number of oxazole rings is 1. The Bertz CT molecular complexity index is 785. The first-order valence-corrected chi connectivity index (χ1v) is 8.99. The van der Waals surface area contributed by atoms with E-state index >= 15 is 0 Å². The summed E-state index contributed by atoms with van der Waals surface area (Å²) >= 11 is 0. The standard InChI is InChI=1S/C20H25NO4/c1-3-19-12-18(2,23)20(24,17-21-8-9-25-17)11-14(19)5-4-13-10-15(22)6-7-16(13)19/h6-10,14,22-24H,3-5,11-12H2,1-2H3/t14-,18-,19-,20+/m1/s1. The fourth-order valence-corrected chi connectivity index (χ4v) is 5.32. The van der Waals surface area contributed by atoms with Crippen LogP contribution in [0.15, 0.2) is 35.1 Å². The third-order valence-corrected chi connectivity index (χ3v) is 6.68. The average Bonchev–Trinajstić information content (AvgIpc) is 3.10. The van der Waals surface area contributed by atoms with Gasteiger partial charge in [-0.15, -0.1) is 0 Å². The van der Waals surface area contributed by atoms with Crippen LogP contribution in [0, 0.1) is 5.92 Å². The maximum absolute atomic E-state index is 11.4. The largest absolute Gasteiger partial charge is 0.508 e. The Balaban J connectivity index is 1.83. The van der Waals surface area contributed by atoms with E-state index in [1.807, 2.05) is 12.1 Å². The van der Waals surface area contributed by atoms with Crippen LogP contribution in [0.2, 0.25) is 0 Å². The minimum atomic E-state index is -1.49. The van der Waals surface area contributed by atoms with Gasteiger partial charge in [-0.25, -0.2) is 4.98 Å². The smallest absolute Gasteiger partial charge is 0.229 e. The van der Waals surface area contributed by atoms with Gasteiger partial charge < -0.3 is 19.7 Å². The SMILES string of the molecule is CC[C@@]12C[C@@](C)(O)[C@@](O)(c3ncco3)C[C@H]1CCc1cc(O)ccc12. The molecule has 4 atom stereocenters. The molecule has 3 N–H and O–H groups in total. The van der Waals surface area contributed by atoms with Crippen molar-refractivity contribution in [2.24, 2.45) is 5.92 Å². The molecule has 2 aliphatic carbocycles. The molecule has 134 valence electrons. The Morgan fingerprint density at radius 2 is 2.12 bits per heavy atom. The highest BCUT2D eigenvalue weighted by molar-refractivity contribution is 5.44. The Kier molecular flexibility index (Phi) is 3.54. The van der Waals surface area contributed by atoms with Gasteiger partial charge in [0.05, 0.1) is 6.20 Å². The molecule has 1 saturated carbocycles. The quantitative estimate of drug-likeness (QED) is 0.780. The molecule has 1 heterocycles. The number of aryl methyl sites for hydroxylation is 1. The van der Waals surface area contributed by atoms with Gasteiger partial charge in [0.1, 0.15) is 17.6 Å². The van der Waals surface area contributed by atoms with Crippen LogP contribution in [-0.4, -0.2) is 25.9 Å². The number of hydrogen-bond donors (Lipinski definition) is 3. The van der Waals surface area contributed by atoms with Crippen LogP contribution < -0.4 is 0 Å². The van der Waals surface area contributed by atoms with Gasteiger partial charge in [0, 0.05) is 5.41 Å². The molecule has 2 aromatic rings. The van der Waals surface area contributed by atoms with Crippen molar-refractivity contribution < 1.29 is 19.7 Å². The van der Waals surface area contributed by atoms with E-state index in [9.17, 15) is 15.3 Å². The van der Waals surface area contributed by atoms with Crippen LogP contribution in [0.4, 0.5) is 0 Å². The molecule has 1 fully saturated rings. The normalized spacial score (nSPS) is 37.4. The molecule has 0 radical (unpaired) electrons. The van der Waals surface area contributed by atoms with Gasteiger partial charge >= 0.3 is 0 Å². The molecule has 1 aromatic heterocycles. The highest BCUT2D eigenvalue weighted by atomic mass is 16.4. The van der Waals surface area contributed by atoms with Gasteiger partial charge in [-0.05, 0) is 68.2 Å². The number of rotatable bonds is 2. The van der Waals surface area contributed by atoms with Crippen molar-refractivity contribution in [1.29, 1.82) is 0 Å². The third-order valence-electron chi connectivity index (χ3n) is 6.68. The molecule has 4 rings (SSSR count). The first-order chi connectivity index (χ1) is 11.8. The van der Waals surface area contributed by atoms with E-state index in [4.69, 9.17) is 4.42 Å². The van der Waals surface area contributed by atoms with Crippen molar-refractivity contribution in [1.82, 2.24) is 4.98 Å². The molecule has 2 aliphatic rings. The second kappa shape index (κ2) is 5.32. The molecule has 1 aromatic carbocycles. The second-order valence-corrected chi connectivity index (χ2v) is 7.94. The summed E-state index contributed by atoms with van der Waals surface area (Å²) in [7, 11) is 0. The van der Waals surface area contributed by atoms with E-state index in [0.717, 1.165) is 24.8 Å². The molecule has 0 unspecified atom stereocenters. The molecular weight excluding hydrogens is 318 g/mol. The van der Waals surface area contributed by atoms with Gasteiger partial charge in [0.15, 0.2) is 5.60 Å². The number of aromatic hydroxyl groups is 1. The van der Waals surface area contributed by atoms with E-state index in [-0.39, 0.29) is 23.0 Å². The molecule has 0 aliphatic heterocycles. The van der Waals surface area contributed by atoms with E-state index < -0.39 is 11.2 Å². The molecular formula is C20H25NO4. The number of benzene rings is 1. The fourth-order valence-electron chi connectivity index (χ4n) is 5.32. The lowest BCUT2D eigenvalue weighted by Crippen LogP contribution is -2.62. The van der Waals surface area contributed by atoms with Crippen molar-refractivity contribution >= 4 is 0 Å². The van der Waals surface area contributed by atoms with Crippen molar-refractivity contribution in [3.63, 3.8) is 0 Å². The molecule has 5 nitrogen and oxygen atoms in total. The number of nitrogens with zero attached hydrogens (tertiary/aromatic N) is 1. The topological polar surface area (TPSA) is 86.7 Å². The van der Waals surface area contributed by atoms with E-state index in [2.05, 4.69) is 11.9 Å². The van der Waals surface area contributed by atoms with Crippen molar-refractivity contribution in [2.75, 3.05) is 0 Å². The highest BCUT2D eigenvalue weighted by Gasteiger charge is 2.62. The predicted molar refractivity (Wildman–Crippen MR) is 92.1 cm³/mol. The van der Waals surface area contributed by atoms with Gasteiger partial charge in [-0.3, -0.25) is 0 Å². The zero-order valence-corrected chi connectivity index (χ0v) is 14.7. The molecule has 0 spiro atoms. The van der Waals surface area contributed by atoms with Crippen LogP contribution in [0.3, 0.4) is 0 Å². The van der Waals surface area contributed by atoms with Crippen LogP contribution in [0.1, 0.15) is 56.5 Å². The van der Waals surface area contributed by atoms with Crippen molar-refractivity contribution in [2.45, 2.75) is 62.6 Å². The van der Waals surface area contributed by atoms with Gasteiger partial charge in [0.25, 0.3) is 0 Å². The zero-order chi connectivity index (χ0) is 17.9. The summed E-state index contributed by atoms with van der Waals surface area (Å²) in [6.45, 7) is 3.82. The number of fused-ring (bicyclic) bond motifs is 3. The lowest BCUT2D eigenvalue weighted by molar-refractivity contribution is -0.215. The zero-order valence-electron chi connectivity index (χ0n) is 14.7. The second-order valence-electron chi connectivity index (χ2n) is 7.94. The summed E-state index contributed by atoms with van der Waals surface area (Å²) in [6, 6.07) is 5.56. The molecule has 0 saturated heterocycles. The van der Waals surface area contributed by atoms with E-state index in [1.54, 1.807) is 13.0 Å². The molecule has 0 bridgehead atoms. The Morgan fingerprint density at radius 3 is 2.80 bits per heavy atom. The fraction of sp³-hybridized carbons (Fsp3) is 0.550. The number of hydrogen-bond acceptors (Lipinski definition) is 5. The minimum Gasteiger partial charge on any atom is -0.508 e. The summed E-state index contributed by atoms with van der Waals surface area (Å²) in [5.74, 6) is 0.688. The van der Waals surface area contributed by atoms with Crippen LogP contribution in [-0.2, 0) is 17.4 Å². The summed E-state index contributed by atoms with van der Waals surface area (Å²) in [6.07, 6.45) is 6.41. The lowest BCUT2D eigenvalue weighted by atomic mass is 9.49. The summed E-state index contributed by atoms with van der Waals surface area (Å²) in [5.41, 5.74) is -0.733. The summed E-state index contributed by atoms with van der Waals surface area (Å²) in [5, 5.41) is 32.5. The Morgan fingerprint density at radius 1 is 1.32 bits per heavy atom. The Hall–Kier alpha value is -1.85. The van der Waals surface area contributed by atoms with Crippen molar-refractivity contribution in [3.05, 3.63) is 47.7 Å². The van der Waals surface area contributed by atoms with Gasteiger partial charge in [0.2, 0.25) is 5.89 Å². The Labute approximate surface area is 147 Å². The number of aliphatic hydroxyl groups is 2. The maximum Gasteiger partial charge on any atom is 0.229 e. The van der Waals surface area contributed by atoms with Gasteiger partial charge in [-0.1, -0.05) is 13.0 Å². The minimum absolute atomic E-state index is 0.193. The molecule has 0 amide bonds. The third kappa shape index (κ3) is 2.19. The van der Waals surface area contributed by atoms with Crippen LogP contribution in [0.5, 0.6) is 5.75 Å². The average molecular weight is 343 g/mol. The van der Waals surface area contributed by atoms with E-state index in [0.29, 0.717) is 12.8 Å². The first-order valence-electron chi connectivity index (χ1n) is 8.99. The van der Waals surface area contributed by atoms with E-state index in [1.165, 1.54) is 18.0 Å². The number of phenolic OH excluding ortho intramolecular Hbond substituents is 1. The first kappa shape index (κ1) is 16.6.